The monoisotopic (exact) mass is 259 g/mol. The van der Waals surface area contributed by atoms with Crippen LogP contribution in [0.4, 0.5) is 19.0 Å². The van der Waals surface area contributed by atoms with Crippen LogP contribution >= 0.6 is 23.2 Å². The third-order valence-corrected chi connectivity index (χ3v) is 1.98. The van der Waals surface area contributed by atoms with Gasteiger partial charge in [0.05, 0.1) is 0 Å². The quantitative estimate of drug-likeness (QED) is 0.788. The zero-order chi connectivity index (χ0) is 11.6. The van der Waals surface area contributed by atoms with Crippen molar-refractivity contribution < 1.29 is 18.0 Å². The molecule has 1 N–H and O–H groups in total. The number of alkyl halides is 3. The third-order valence-electron chi connectivity index (χ3n) is 1.24. The highest BCUT2D eigenvalue weighted by atomic mass is 35.5. The van der Waals surface area contributed by atoms with Gasteiger partial charge in [0.2, 0.25) is 0 Å². The van der Waals surface area contributed by atoms with Crippen molar-refractivity contribution in [1.82, 2.24) is 9.97 Å². The van der Waals surface area contributed by atoms with Gasteiger partial charge in [-0.05, 0) is 0 Å². The van der Waals surface area contributed by atoms with Gasteiger partial charge in [0, 0.05) is 0 Å². The Morgan fingerprint density at radius 3 is 2.47 bits per heavy atom. The van der Waals surface area contributed by atoms with Gasteiger partial charge in [-0.2, -0.15) is 13.2 Å². The molecule has 0 saturated heterocycles. The molecule has 1 aromatic heterocycles. The van der Waals surface area contributed by atoms with Crippen molar-refractivity contribution in [3.63, 3.8) is 0 Å². The molecular weight excluding hydrogens is 258 g/mol. The van der Waals surface area contributed by atoms with Crippen LogP contribution < -0.4 is 5.32 Å². The summed E-state index contributed by atoms with van der Waals surface area (Å²) in [6.45, 7) is 0. The number of hydrogen-bond donors (Lipinski definition) is 1. The lowest BCUT2D eigenvalue weighted by molar-refractivity contribution is -0.167. The summed E-state index contributed by atoms with van der Waals surface area (Å²) in [4.78, 5) is 17.2. The van der Waals surface area contributed by atoms with Gasteiger partial charge < -0.3 is 5.32 Å². The van der Waals surface area contributed by atoms with Gasteiger partial charge in [0.25, 0.3) is 0 Å². The maximum absolute atomic E-state index is 11.8. The van der Waals surface area contributed by atoms with Crippen LogP contribution in [0.5, 0.6) is 0 Å². The molecule has 1 heterocycles. The van der Waals surface area contributed by atoms with Crippen molar-refractivity contribution in [3.8, 4) is 0 Å². The van der Waals surface area contributed by atoms with Crippen molar-refractivity contribution in [1.29, 1.82) is 0 Å². The summed E-state index contributed by atoms with van der Waals surface area (Å²) in [7, 11) is 0. The topological polar surface area (TPSA) is 54.9 Å². The molecular formula is C6H2Cl2F3N3O. The first-order valence-electron chi connectivity index (χ1n) is 3.36. The van der Waals surface area contributed by atoms with Crippen molar-refractivity contribution >= 4 is 34.9 Å². The van der Waals surface area contributed by atoms with E-state index in [0.29, 0.717) is 0 Å². The average Bonchev–Trinajstić information content (AvgIpc) is 2.11. The highest BCUT2D eigenvalue weighted by Gasteiger charge is 2.39. The summed E-state index contributed by atoms with van der Waals surface area (Å²) in [6.07, 6.45) is -4.14. The van der Waals surface area contributed by atoms with Gasteiger partial charge in [0.15, 0.2) is 11.0 Å². The molecule has 0 radical (unpaired) electrons. The zero-order valence-electron chi connectivity index (χ0n) is 6.77. The predicted molar refractivity (Wildman–Crippen MR) is 46.7 cm³/mol. The third kappa shape index (κ3) is 2.93. The molecule has 0 saturated carbocycles. The van der Waals surface area contributed by atoms with Gasteiger partial charge in [0.1, 0.15) is 11.3 Å². The number of anilines is 1. The summed E-state index contributed by atoms with van der Waals surface area (Å²) >= 11 is 10.8. The first-order chi connectivity index (χ1) is 6.82. The van der Waals surface area contributed by atoms with E-state index in [9.17, 15) is 18.0 Å². The fraction of sp³-hybridized carbons (Fsp3) is 0.167. The molecule has 1 amide bonds. The lowest BCUT2D eigenvalue weighted by Gasteiger charge is -2.08. The first-order valence-corrected chi connectivity index (χ1v) is 4.12. The highest BCUT2D eigenvalue weighted by Crippen LogP contribution is 2.26. The number of nitrogens with zero attached hydrogens (tertiary/aromatic N) is 2. The zero-order valence-corrected chi connectivity index (χ0v) is 8.28. The molecule has 0 atom stereocenters. The van der Waals surface area contributed by atoms with E-state index >= 15 is 0 Å². The number of nitrogens with one attached hydrogen (secondary N) is 1. The maximum atomic E-state index is 11.8. The SMILES string of the molecule is O=C(Nc1ncnc(Cl)c1Cl)C(F)(F)F. The molecule has 0 bridgehead atoms. The minimum atomic E-state index is -5.01. The molecule has 4 nitrogen and oxygen atoms in total. The van der Waals surface area contributed by atoms with Crippen molar-refractivity contribution in [2.45, 2.75) is 6.18 Å². The molecule has 0 unspecified atom stereocenters. The fourth-order valence-corrected chi connectivity index (χ4v) is 0.892. The summed E-state index contributed by atoms with van der Waals surface area (Å²) < 4.78 is 35.5. The number of carbonyl (C=O) groups is 1. The van der Waals surface area contributed by atoms with E-state index in [4.69, 9.17) is 23.2 Å². The Kier molecular flexibility index (Phi) is 3.35. The second kappa shape index (κ2) is 4.19. The fourth-order valence-electron chi connectivity index (χ4n) is 0.614. The number of amides is 1. The van der Waals surface area contributed by atoms with E-state index in [1.807, 2.05) is 0 Å². The average molecular weight is 260 g/mol. The van der Waals surface area contributed by atoms with Crippen LogP contribution in [0, 0.1) is 0 Å². The smallest absolute Gasteiger partial charge is 0.301 e. The van der Waals surface area contributed by atoms with Crippen molar-refractivity contribution in [3.05, 3.63) is 16.5 Å². The number of halogens is 5. The van der Waals surface area contributed by atoms with E-state index in [-0.39, 0.29) is 10.2 Å². The molecule has 9 heteroatoms. The van der Waals surface area contributed by atoms with E-state index < -0.39 is 17.9 Å². The van der Waals surface area contributed by atoms with Gasteiger partial charge in [-0.15, -0.1) is 0 Å². The summed E-state index contributed by atoms with van der Waals surface area (Å²) in [5.74, 6) is -2.67. The van der Waals surface area contributed by atoms with Crippen LogP contribution in [0.15, 0.2) is 6.33 Å². The van der Waals surface area contributed by atoms with Gasteiger partial charge in [-0.25, -0.2) is 9.97 Å². The summed E-state index contributed by atoms with van der Waals surface area (Å²) in [6, 6.07) is 0. The Labute approximate surface area is 91.4 Å². The van der Waals surface area contributed by atoms with Crippen molar-refractivity contribution in [2.24, 2.45) is 0 Å². The van der Waals surface area contributed by atoms with Gasteiger partial charge in [-0.1, -0.05) is 23.2 Å². The van der Waals surface area contributed by atoms with Crippen LogP contribution in [0.1, 0.15) is 0 Å². The number of hydrogen-bond acceptors (Lipinski definition) is 3. The van der Waals surface area contributed by atoms with Crippen LogP contribution in [-0.2, 0) is 4.79 Å². The molecule has 0 fully saturated rings. The van der Waals surface area contributed by atoms with Crippen LogP contribution in [0.3, 0.4) is 0 Å². The molecule has 0 aliphatic heterocycles. The molecule has 0 aromatic carbocycles. The van der Waals surface area contributed by atoms with Gasteiger partial charge >= 0.3 is 12.1 Å². The molecule has 1 aromatic rings. The second-order valence-corrected chi connectivity index (χ2v) is 3.01. The van der Waals surface area contributed by atoms with E-state index in [2.05, 4.69) is 9.97 Å². The largest absolute Gasteiger partial charge is 0.471 e. The Bertz CT molecular complexity index is 396. The van der Waals surface area contributed by atoms with Crippen LogP contribution in [0.2, 0.25) is 10.2 Å². The van der Waals surface area contributed by atoms with E-state index in [1.165, 1.54) is 5.32 Å². The van der Waals surface area contributed by atoms with Gasteiger partial charge in [-0.3, -0.25) is 4.79 Å². The van der Waals surface area contributed by atoms with Crippen LogP contribution in [-0.4, -0.2) is 22.1 Å². The van der Waals surface area contributed by atoms with E-state index in [1.54, 1.807) is 0 Å². The molecule has 0 aliphatic rings. The Morgan fingerprint density at radius 1 is 1.33 bits per heavy atom. The van der Waals surface area contributed by atoms with E-state index in [0.717, 1.165) is 6.33 Å². The van der Waals surface area contributed by atoms with Crippen molar-refractivity contribution in [2.75, 3.05) is 5.32 Å². The lowest BCUT2D eigenvalue weighted by atomic mass is 10.5. The minimum Gasteiger partial charge on any atom is -0.301 e. The molecule has 1 rings (SSSR count). The number of aromatic nitrogens is 2. The molecule has 82 valence electrons. The highest BCUT2D eigenvalue weighted by molar-refractivity contribution is 6.42. The normalized spacial score (nSPS) is 11.3. The predicted octanol–water partition coefficient (Wildman–Crippen LogP) is 2.28. The molecule has 15 heavy (non-hydrogen) atoms. The number of carbonyl (C=O) groups excluding carboxylic acids is 1. The van der Waals surface area contributed by atoms with Crippen LogP contribution in [0.25, 0.3) is 0 Å². The molecule has 0 spiro atoms. The standard InChI is InChI=1S/C6H2Cl2F3N3O/c7-2-3(8)12-1-13-4(2)14-5(15)6(9,10)11/h1H,(H,12,13,14,15). The summed E-state index contributed by atoms with van der Waals surface area (Å²) in [5, 5.41) is 0.863. The number of rotatable bonds is 1. The summed E-state index contributed by atoms with van der Waals surface area (Å²) in [5.41, 5.74) is 0. The first kappa shape index (κ1) is 12.0. The maximum Gasteiger partial charge on any atom is 0.471 e. The Balaban J connectivity index is 2.91. The second-order valence-electron chi connectivity index (χ2n) is 2.28. The Hall–Kier alpha value is -1.08. The minimum absolute atomic E-state index is 0.246. The molecule has 0 aliphatic carbocycles. The lowest BCUT2D eigenvalue weighted by Crippen LogP contribution is -2.30. The Morgan fingerprint density at radius 2 is 1.93 bits per heavy atom.